The highest BCUT2D eigenvalue weighted by atomic mass is 16.5. The summed E-state index contributed by atoms with van der Waals surface area (Å²) in [5.41, 5.74) is 0.984. The quantitative estimate of drug-likeness (QED) is 0.698. The van der Waals surface area contributed by atoms with Gasteiger partial charge in [-0.15, -0.1) is 0 Å². The first kappa shape index (κ1) is 17.8. The van der Waals surface area contributed by atoms with E-state index in [2.05, 4.69) is 22.1 Å². The molecule has 2 fully saturated rings. The maximum Gasteiger partial charge on any atom is 0.109 e. The first-order chi connectivity index (χ1) is 11.7. The predicted octanol–water partition coefficient (Wildman–Crippen LogP) is 0.392. The first-order valence-electron chi connectivity index (χ1n) is 8.98. The number of ether oxygens (including phenoxy) is 1. The molecule has 2 aliphatic rings. The fraction of sp³-hybridized carbons (Fsp3) is 0.722. The fourth-order valence-electron chi connectivity index (χ4n) is 3.77. The number of nitrogens with one attached hydrogen (secondary N) is 1. The Morgan fingerprint density at radius 3 is 2.75 bits per heavy atom. The summed E-state index contributed by atoms with van der Waals surface area (Å²) in [6.45, 7) is 5.42. The van der Waals surface area contributed by atoms with Crippen LogP contribution in [0.25, 0.3) is 0 Å². The van der Waals surface area contributed by atoms with Gasteiger partial charge in [0.1, 0.15) is 12.2 Å². The van der Waals surface area contributed by atoms with Crippen molar-refractivity contribution in [2.45, 2.75) is 50.7 Å². The second kappa shape index (κ2) is 8.36. The van der Waals surface area contributed by atoms with Crippen molar-refractivity contribution >= 4 is 0 Å². The lowest BCUT2D eigenvalue weighted by molar-refractivity contribution is -0.0213. The molecule has 0 radical (unpaired) electrons. The van der Waals surface area contributed by atoms with Crippen molar-refractivity contribution in [2.24, 2.45) is 5.92 Å². The van der Waals surface area contributed by atoms with Crippen molar-refractivity contribution in [3.63, 3.8) is 0 Å². The molecule has 3 rings (SSSR count). The number of aliphatic hydroxyl groups excluding tert-OH is 2. The molecule has 6 heteroatoms. The average Bonchev–Trinajstić information content (AvgIpc) is 2.92. The van der Waals surface area contributed by atoms with Crippen LogP contribution < -0.4 is 5.32 Å². The number of nitrogens with zero attached hydrogens (tertiary/aromatic N) is 2. The van der Waals surface area contributed by atoms with Crippen molar-refractivity contribution in [1.82, 2.24) is 15.2 Å². The van der Waals surface area contributed by atoms with E-state index in [0.29, 0.717) is 13.1 Å². The molecule has 1 aromatic heterocycles. The number of rotatable bonds is 6. The second-order valence-electron chi connectivity index (χ2n) is 7.05. The van der Waals surface area contributed by atoms with E-state index >= 15 is 0 Å². The number of likely N-dealkylation sites (tertiary alicyclic amines) is 1. The van der Waals surface area contributed by atoms with E-state index < -0.39 is 12.2 Å². The zero-order chi connectivity index (χ0) is 16.9. The van der Waals surface area contributed by atoms with Crippen LogP contribution >= 0.6 is 0 Å². The molecule has 0 spiro atoms. The van der Waals surface area contributed by atoms with Crippen LogP contribution in [0.2, 0.25) is 0 Å². The molecule has 2 saturated heterocycles. The summed E-state index contributed by atoms with van der Waals surface area (Å²) in [4.78, 5) is 6.64. The van der Waals surface area contributed by atoms with Gasteiger partial charge in [0.05, 0.1) is 24.4 Å². The molecule has 3 heterocycles. The Labute approximate surface area is 143 Å². The highest BCUT2D eigenvalue weighted by molar-refractivity contribution is 5.04. The van der Waals surface area contributed by atoms with Gasteiger partial charge in [0.25, 0.3) is 0 Å². The van der Waals surface area contributed by atoms with Gasteiger partial charge < -0.3 is 20.3 Å². The normalized spacial score (nSPS) is 32.3. The van der Waals surface area contributed by atoms with Gasteiger partial charge in [-0.3, -0.25) is 9.88 Å². The summed E-state index contributed by atoms with van der Waals surface area (Å²) in [5, 5.41) is 23.4. The highest BCUT2D eigenvalue weighted by Crippen LogP contribution is 2.29. The number of hydrogen-bond acceptors (Lipinski definition) is 6. The van der Waals surface area contributed by atoms with E-state index in [1.54, 1.807) is 6.20 Å². The van der Waals surface area contributed by atoms with Gasteiger partial charge in [-0.1, -0.05) is 13.0 Å². The first-order valence-corrected chi connectivity index (χ1v) is 8.98. The van der Waals surface area contributed by atoms with E-state index in [4.69, 9.17) is 4.74 Å². The van der Waals surface area contributed by atoms with Crippen LogP contribution in [0, 0.1) is 5.92 Å². The van der Waals surface area contributed by atoms with E-state index in [0.717, 1.165) is 37.5 Å². The van der Waals surface area contributed by atoms with Crippen LogP contribution in [0.1, 0.15) is 25.5 Å². The third-order valence-electron chi connectivity index (χ3n) is 5.26. The van der Waals surface area contributed by atoms with Crippen LogP contribution in [-0.2, 0) is 11.3 Å². The monoisotopic (exact) mass is 335 g/mol. The molecule has 3 N–H and O–H groups in total. The number of pyridine rings is 1. The topological polar surface area (TPSA) is 77.9 Å². The Morgan fingerprint density at radius 2 is 2.08 bits per heavy atom. The minimum atomic E-state index is -0.634. The van der Waals surface area contributed by atoms with Gasteiger partial charge in [0.2, 0.25) is 0 Å². The van der Waals surface area contributed by atoms with Crippen molar-refractivity contribution in [2.75, 3.05) is 26.2 Å². The lowest BCUT2D eigenvalue weighted by Crippen LogP contribution is -2.53. The molecule has 134 valence electrons. The van der Waals surface area contributed by atoms with Crippen molar-refractivity contribution in [1.29, 1.82) is 0 Å². The lowest BCUT2D eigenvalue weighted by Gasteiger charge is -2.38. The minimum absolute atomic E-state index is 0.0501. The van der Waals surface area contributed by atoms with Gasteiger partial charge >= 0.3 is 0 Å². The smallest absolute Gasteiger partial charge is 0.109 e. The molecule has 0 saturated carbocycles. The maximum absolute atomic E-state index is 10.6. The van der Waals surface area contributed by atoms with Crippen LogP contribution in [-0.4, -0.2) is 70.7 Å². The van der Waals surface area contributed by atoms with Crippen molar-refractivity contribution in [3.8, 4) is 0 Å². The van der Waals surface area contributed by atoms with Crippen LogP contribution in [0.3, 0.4) is 0 Å². The number of hydrogen-bond donors (Lipinski definition) is 3. The molecule has 0 amide bonds. The lowest BCUT2D eigenvalue weighted by atomic mass is 9.94. The van der Waals surface area contributed by atoms with Crippen LogP contribution in [0.5, 0.6) is 0 Å². The van der Waals surface area contributed by atoms with Crippen molar-refractivity contribution < 1.29 is 14.9 Å². The summed E-state index contributed by atoms with van der Waals surface area (Å²) in [5.74, 6) is 0.745. The van der Waals surface area contributed by atoms with Crippen LogP contribution in [0.4, 0.5) is 0 Å². The molecule has 0 aliphatic carbocycles. The third kappa shape index (κ3) is 4.13. The van der Waals surface area contributed by atoms with E-state index in [1.165, 1.54) is 0 Å². The summed E-state index contributed by atoms with van der Waals surface area (Å²) >= 11 is 0. The molecule has 0 unspecified atom stereocenters. The van der Waals surface area contributed by atoms with Gasteiger partial charge in [-0.25, -0.2) is 0 Å². The van der Waals surface area contributed by atoms with Gasteiger partial charge in [0, 0.05) is 19.3 Å². The summed E-state index contributed by atoms with van der Waals surface area (Å²) in [6.07, 6.45) is 2.85. The molecular weight excluding hydrogens is 306 g/mol. The molecule has 2 aliphatic heterocycles. The Morgan fingerprint density at radius 1 is 1.29 bits per heavy atom. The number of piperidine rings is 1. The third-order valence-corrected chi connectivity index (χ3v) is 5.26. The Hall–Kier alpha value is -1.05. The maximum atomic E-state index is 10.6. The zero-order valence-electron chi connectivity index (χ0n) is 14.3. The summed E-state index contributed by atoms with van der Waals surface area (Å²) in [6, 6.07) is 5.81. The largest absolute Gasteiger partial charge is 0.394 e. The van der Waals surface area contributed by atoms with E-state index in [9.17, 15) is 10.2 Å². The standard InChI is InChI=1S/C18H29N3O3/c1-13-5-8-21(9-6-13)17-15(24-16(12-22)18(17)23)11-19-10-14-4-2-3-7-20-14/h2-4,7,13,15-19,22-23H,5-6,8-12H2,1H3/t15-,16+,17-,18-/m1/s1. The molecule has 1 aromatic rings. The molecular formula is C18H29N3O3. The minimum Gasteiger partial charge on any atom is -0.394 e. The SMILES string of the molecule is CC1CCN([C@H]2[C@H](O)[C@H](CO)O[C@@H]2CNCc2ccccn2)CC1. The van der Waals surface area contributed by atoms with Crippen LogP contribution in [0.15, 0.2) is 24.4 Å². The number of aromatic nitrogens is 1. The van der Waals surface area contributed by atoms with Gasteiger partial charge in [0.15, 0.2) is 0 Å². The fourth-order valence-corrected chi connectivity index (χ4v) is 3.77. The Bertz CT molecular complexity index is 494. The molecule has 24 heavy (non-hydrogen) atoms. The Balaban J connectivity index is 1.58. The Kier molecular flexibility index (Phi) is 6.19. The van der Waals surface area contributed by atoms with Gasteiger partial charge in [-0.2, -0.15) is 0 Å². The molecule has 6 nitrogen and oxygen atoms in total. The highest BCUT2D eigenvalue weighted by Gasteiger charge is 2.46. The van der Waals surface area contributed by atoms with E-state index in [-0.39, 0.29) is 18.8 Å². The molecule has 0 bridgehead atoms. The zero-order valence-corrected chi connectivity index (χ0v) is 14.3. The summed E-state index contributed by atoms with van der Waals surface area (Å²) < 4.78 is 5.93. The number of aliphatic hydroxyl groups is 2. The second-order valence-corrected chi connectivity index (χ2v) is 7.05. The predicted molar refractivity (Wildman–Crippen MR) is 91.5 cm³/mol. The molecule has 0 aromatic carbocycles. The van der Waals surface area contributed by atoms with E-state index in [1.807, 2.05) is 18.2 Å². The summed E-state index contributed by atoms with van der Waals surface area (Å²) in [7, 11) is 0. The molecule has 4 atom stereocenters. The average molecular weight is 335 g/mol. The van der Waals surface area contributed by atoms with Gasteiger partial charge in [-0.05, 0) is 44.0 Å². The van der Waals surface area contributed by atoms with Crippen molar-refractivity contribution in [3.05, 3.63) is 30.1 Å².